The van der Waals surface area contributed by atoms with Gasteiger partial charge in [-0.25, -0.2) is 4.79 Å². The lowest BCUT2D eigenvalue weighted by Gasteiger charge is -2.43. The van der Waals surface area contributed by atoms with Crippen LogP contribution in [-0.2, 0) is 4.74 Å². The Bertz CT molecular complexity index is 464. The number of nitrogen functional groups attached to an aromatic ring is 1. The summed E-state index contributed by atoms with van der Waals surface area (Å²) in [4.78, 5) is 13.9. The van der Waals surface area contributed by atoms with Gasteiger partial charge in [0.25, 0.3) is 0 Å². The van der Waals surface area contributed by atoms with Crippen molar-refractivity contribution in [1.29, 1.82) is 0 Å². The quantitative estimate of drug-likeness (QED) is 0.788. The van der Waals surface area contributed by atoms with Gasteiger partial charge in [-0.05, 0) is 49.9 Å². The van der Waals surface area contributed by atoms with Gasteiger partial charge in [0.2, 0.25) is 0 Å². The molecule has 1 aliphatic carbocycles. The maximum atomic E-state index is 12.2. The lowest BCUT2D eigenvalue weighted by Crippen LogP contribution is -2.50. The molecule has 2 fully saturated rings. The molecule has 2 aliphatic rings. The number of rotatable bonds is 1. The first-order chi connectivity index (χ1) is 9.19. The SMILES string of the molecule is Nc1ccc(N2CCC3(CCCCC3)OC2=O)cc1. The summed E-state index contributed by atoms with van der Waals surface area (Å²) in [6.45, 7) is 0.739. The van der Waals surface area contributed by atoms with Gasteiger partial charge < -0.3 is 10.5 Å². The Labute approximate surface area is 113 Å². The molecule has 0 unspecified atom stereocenters. The number of ether oxygens (including phenoxy) is 1. The Kier molecular flexibility index (Phi) is 3.09. The van der Waals surface area contributed by atoms with Crippen molar-refractivity contribution in [2.24, 2.45) is 0 Å². The smallest absolute Gasteiger partial charge is 0.414 e. The van der Waals surface area contributed by atoms with E-state index in [0.29, 0.717) is 5.69 Å². The summed E-state index contributed by atoms with van der Waals surface area (Å²) in [5, 5.41) is 0. The zero-order valence-electron chi connectivity index (χ0n) is 11.1. The third-order valence-corrected chi connectivity index (χ3v) is 4.28. The molecular formula is C15H20N2O2. The average molecular weight is 260 g/mol. The highest BCUT2D eigenvalue weighted by molar-refractivity contribution is 5.88. The molecule has 1 saturated carbocycles. The number of carbonyl (C=O) groups is 1. The van der Waals surface area contributed by atoms with E-state index >= 15 is 0 Å². The van der Waals surface area contributed by atoms with Crippen molar-refractivity contribution in [2.75, 3.05) is 17.2 Å². The van der Waals surface area contributed by atoms with E-state index in [9.17, 15) is 4.79 Å². The van der Waals surface area contributed by atoms with Crippen LogP contribution in [0.3, 0.4) is 0 Å². The number of nitrogens with zero attached hydrogens (tertiary/aromatic N) is 1. The fourth-order valence-corrected chi connectivity index (χ4v) is 3.14. The van der Waals surface area contributed by atoms with Crippen LogP contribution < -0.4 is 10.6 Å². The molecule has 1 aliphatic heterocycles. The number of carbonyl (C=O) groups excluding carboxylic acids is 1. The van der Waals surface area contributed by atoms with E-state index in [4.69, 9.17) is 10.5 Å². The molecule has 1 amide bonds. The Morgan fingerprint density at radius 2 is 1.74 bits per heavy atom. The summed E-state index contributed by atoms with van der Waals surface area (Å²) in [7, 11) is 0. The number of hydrogen-bond donors (Lipinski definition) is 1. The summed E-state index contributed by atoms with van der Waals surface area (Å²) in [6.07, 6.45) is 6.38. The lowest BCUT2D eigenvalue weighted by molar-refractivity contribution is -0.0309. The predicted molar refractivity (Wildman–Crippen MR) is 75.1 cm³/mol. The molecule has 102 valence electrons. The van der Waals surface area contributed by atoms with E-state index in [0.717, 1.165) is 31.5 Å². The zero-order chi connectivity index (χ0) is 13.3. The number of nitrogens with two attached hydrogens (primary N) is 1. The molecule has 1 spiro atoms. The predicted octanol–water partition coefficient (Wildman–Crippen LogP) is 3.32. The van der Waals surface area contributed by atoms with Gasteiger partial charge in [-0.15, -0.1) is 0 Å². The van der Waals surface area contributed by atoms with Crippen LogP contribution in [0.2, 0.25) is 0 Å². The maximum Gasteiger partial charge on any atom is 0.414 e. The van der Waals surface area contributed by atoms with E-state index < -0.39 is 0 Å². The first-order valence-electron chi connectivity index (χ1n) is 7.05. The van der Waals surface area contributed by atoms with Gasteiger partial charge in [0.15, 0.2) is 0 Å². The first kappa shape index (κ1) is 12.3. The van der Waals surface area contributed by atoms with Crippen LogP contribution in [0.5, 0.6) is 0 Å². The number of anilines is 2. The highest BCUT2D eigenvalue weighted by atomic mass is 16.6. The fourth-order valence-electron chi connectivity index (χ4n) is 3.14. The Morgan fingerprint density at radius 3 is 2.37 bits per heavy atom. The second kappa shape index (κ2) is 4.76. The Hall–Kier alpha value is -1.71. The van der Waals surface area contributed by atoms with Crippen LogP contribution in [-0.4, -0.2) is 18.2 Å². The van der Waals surface area contributed by atoms with Gasteiger partial charge in [0.05, 0.1) is 0 Å². The van der Waals surface area contributed by atoms with Crippen LogP contribution in [0.25, 0.3) is 0 Å². The summed E-state index contributed by atoms with van der Waals surface area (Å²) in [5.74, 6) is 0. The highest BCUT2D eigenvalue weighted by Gasteiger charge is 2.41. The summed E-state index contributed by atoms with van der Waals surface area (Å²) >= 11 is 0. The van der Waals surface area contributed by atoms with Gasteiger partial charge in [0.1, 0.15) is 5.60 Å². The Balaban J connectivity index is 1.74. The lowest BCUT2D eigenvalue weighted by atomic mass is 9.81. The second-order valence-corrected chi connectivity index (χ2v) is 5.60. The minimum atomic E-state index is -0.210. The van der Waals surface area contributed by atoms with Gasteiger partial charge in [-0.3, -0.25) is 4.90 Å². The van der Waals surface area contributed by atoms with E-state index in [1.807, 2.05) is 24.3 Å². The molecule has 1 heterocycles. The third kappa shape index (κ3) is 2.39. The molecule has 1 saturated heterocycles. The van der Waals surface area contributed by atoms with Crippen molar-refractivity contribution in [3.63, 3.8) is 0 Å². The number of benzene rings is 1. The van der Waals surface area contributed by atoms with E-state index in [1.165, 1.54) is 19.3 Å². The van der Waals surface area contributed by atoms with Crippen molar-refractivity contribution in [2.45, 2.75) is 44.1 Å². The molecule has 19 heavy (non-hydrogen) atoms. The average Bonchev–Trinajstić information content (AvgIpc) is 2.41. The van der Waals surface area contributed by atoms with Crippen LogP contribution in [0.4, 0.5) is 16.2 Å². The molecule has 4 heteroatoms. The molecule has 1 aromatic rings. The molecule has 0 bridgehead atoms. The fraction of sp³-hybridized carbons (Fsp3) is 0.533. The van der Waals surface area contributed by atoms with Crippen molar-refractivity contribution >= 4 is 17.5 Å². The molecule has 4 nitrogen and oxygen atoms in total. The number of hydrogen-bond acceptors (Lipinski definition) is 3. The van der Waals surface area contributed by atoms with Gasteiger partial charge in [-0.2, -0.15) is 0 Å². The molecular weight excluding hydrogens is 240 g/mol. The summed E-state index contributed by atoms with van der Waals surface area (Å²) in [6, 6.07) is 7.37. The third-order valence-electron chi connectivity index (χ3n) is 4.28. The minimum absolute atomic E-state index is 0.181. The molecule has 2 N–H and O–H groups in total. The first-order valence-corrected chi connectivity index (χ1v) is 7.05. The van der Waals surface area contributed by atoms with Crippen molar-refractivity contribution < 1.29 is 9.53 Å². The topological polar surface area (TPSA) is 55.6 Å². The Morgan fingerprint density at radius 1 is 1.05 bits per heavy atom. The molecule has 0 atom stereocenters. The van der Waals surface area contributed by atoms with Gasteiger partial charge in [0, 0.05) is 24.3 Å². The molecule has 3 rings (SSSR count). The van der Waals surface area contributed by atoms with Crippen molar-refractivity contribution in [1.82, 2.24) is 0 Å². The van der Waals surface area contributed by atoms with E-state index in [-0.39, 0.29) is 11.7 Å². The van der Waals surface area contributed by atoms with Crippen molar-refractivity contribution in [3.8, 4) is 0 Å². The number of amides is 1. The molecule has 0 aromatic heterocycles. The standard InChI is InChI=1S/C15H20N2O2/c16-12-4-6-13(7-5-12)17-11-10-15(19-14(17)18)8-2-1-3-9-15/h4-7H,1-3,8-11,16H2. The van der Waals surface area contributed by atoms with Gasteiger partial charge >= 0.3 is 6.09 Å². The highest BCUT2D eigenvalue weighted by Crippen LogP contribution is 2.38. The van der Waals surface area contributed by atoms with E-state index in [1.54, 1.807) is 4.90 Å². The summed E-state index contributed by atoms with van der Waals surface area (Å²) < 4.78 is 5.77. The van der Waals surface area contributed by atoms with Crippen LogP contribution >= 0.6 is 0 Å². The molecule has 1 aromatic carbocycles. The van der Waals surface area contributed by atoms with Crippen LogP contribution in [0, 0.1) is 0 Å². The zero-order valence-corrected chi connectivity index (χ0v) is 11.1. The van der Waals surface area contributed by atoms with Gasteiger partial charge in [-0.1, -0.05) is 6.42 Å². The van der Waals surface area contributed by atoms with E-state index in [2.05, 4.69) is 0 Å². The largest absolute Gasteiger partial charge is 0.442 e. The molecule has 0 radical (unpaired) electrons. The second-order valence-electron chi connectivity index (χ2n) is 5.60. The maximum absolute atomic E-state index is 12.2. The van der Waals surface area contributed by atoms with Crippen LogP contribution in [0.1, 0.15) is 38.5 Å². The monoisotopic (exact) mass is 260 g/mol. The normalized spacial score (nSPS) is 22.3. The minimum Gasteiger partial charge on any atom is -0.442 e. The van der Waals surface area contributed by atoms with Crippen molar-refractivity contribution in [3.05, 3.63) is 24.3 Å². The van der Waals surface area contributed by atoms with Crippen LogP contribution in [0.15, 0.2) is 24.3 Å². The summed E-state index contributed by atoms with van der Waals surface area (Å²) in [5.41, 5.74) is 7.06.